The smallest absolute Gasteiger partial charge is 0.268 e. The standard InChI is InChI=1S/C24H25FN4O6/c1-24(2,34)11-28-21(31)15-10-29-18-17(19(30)16(23(29)33)22(32)26-3)27-9-13(20(18)35-15)8-12-4-6-14(25)7-5-12/h4-7,9,15,30,34H,8,10-11H2,1-3H3,(H,26,32)(H,28,31). The average molecular weight is 484 g/mol. The Hall–Kier alpha value is -3.99. The summed E-state index contributed by atoms with van der Waals surface area (Å²) in [5, 5.41) is 25.6. The van der Waals surface area contributed by atoms with Gasteiger partial charge in [-0.25, -0.2) is 4.39 Å². The third-order valence-corrected chi connectivity index (χ3v) is 5.63. The Kier molecular flexibility index (Phi) is 6.20. The summed E-state index contributed by atoms with van der Waals surface area (Å²) in [6.07, 6.45) is 0.491. The lowest BCUT2D eigenvalue weighted by atomic mass is 10.0. The number of aromatic nitrogens is 2. The molecule has 1 unspecified atom stereocenters. The SMILES string of the molecule is CNC(=O)c1c(O)c2ncc(Cc3ccc(F)cc3)c3c2n(c1=O)CC(C(=O)NCC(C)(C)O)O3. The van der Waals surface area contributed by atoms with Crippen LogP contribution in [0.2, 0.25) is 0 Å². The van der Waals surface area contributed by atoms with Crippen LogP contribution in [0.1, 0.15) is 35.3 Å². The fourth-order valence-corrected chi connectivity index (χ4v) is 3.88. The van der Waals surface area contributed by atoms with E-state index in [1.165, 1.54) is 43.8 Å². The maximum Gasteiger partial charge on any atom is 0.268 e. The number of aliphatic hydroxyl groups is 1. The van der Waals surface area contributed by atoms with Gasteiger partial charge in [-0.3, -0.25) is 23.9 Å². The third kappa shape index (κ3) is 4.67. The fraction of sp³-hybridized carbons (Fsp3) is 0.333. The van der Waals surface area contributed by atoms with Crippen molar-refractivity contribution >= 4 is 22.8 Å². The van der Waals surface area contributed by atoms with E-state index >= 15 is 0 Å². The van der Waals surface area contributed by atoms with E-state index < -0.39 is 46.2 Å². The maximum absolute atomic E-state index is 13.4. The van der Waals surface area contributed by atoms with Crippen molar-refractivity contribution in [2.45, 2.75) is 38.5 Å². The van der Waals surface area contributed by atoms with Crippen LogP contribution < -0.4 is 20.9 Å². The van der Waals surface area contributed by atoms with E-state index in [0.29, 0.717) is 5.56 Å². The molecule has 10 nitrogen and oxygen atoms in total. The predicted octanol–water partition coefficient (Wildman–Crippen LogP) is 0.840. The van der Waals surface area contributed by atoms with Crippen LogP contribution in [0.3, 0.4) is 0 Å². The quantitative estimate of drug-likeness (QED) is 0.406. The number of ether oxygens (including phenoxy) is 1. The van der Waals surface area contributed by atoms with Crippen LogP contribution in [0.15, 0.2) is 35.3 Å². The van der Waals surface area contributed by atoms with Gasteiger partial charge < -0.3 is 25.6 Å². The first-order valence-corrected chi connectivity index (χ1v) is 10.9. The summed E-state index contributed by atoms with van der Waals surface area (Å²) >= 11 is 0. The molecule has 0 saturated heterocycles. The van der Waals surface area contributed by atoms with Gasteiger partial charge in [0.2, 0.25) is 0 Å². The highest BCUT2D eigenvalue weighted by molar-refractivity contribution is 6.02. The molecule has 0 fully saturated rings. The second-order valence-electron chi connectivity index (χ2n) is 8.97. The number of hydrogen-bond acceptors (Lipinski definition) is 7. The fourth-order valence-electron chi connectivity index (χ4n) is 3.88. The third-order valence-electron chi connectivity index (χ3n) is 5.63. The highest BCUT2D eigenvalue weighted by Crippen LogP contribution is 2.37. The van der Waals surface area contributed by atoms with Crippen LogP contribution in [0.5, 0.6) is 11.5 Å². The number of hydrogen-bond donors (Lipinski definition) is 4. The Labute approximate surface area is 199 Å². The van der Waals surface area contributed by atoms with Crippen LogP contribution >= 0.6 is 0 Å². The first-order valence-electron chi connectivity index (χ1n) is 10.9. The molecular weight excluding hydrogens is 459 g/mol. The normalized spacial score (nSPS) is 14.9. The highest BCUT2D eigenvalue weighted by Gasteiger charge is 2.34. The van der Waals surface area contributed by atoms with E-state index in [1.54, 1.807) is 12.1 Å². The van der Waals surface area contributed by atoms with Gasteiger partial charge in [-0.05, 0) is 31.5 Å². The number of benzene rings is 1. The van der Waals surface area contributed by atoms with Gasteiger partial charge in [-0.2, -0.15) is 0 Å². The molecule has 1 atom stereocenters. The van der Waals surface area contributed by atoms with Crippen molar-refractivity contribution in [3.63, 3.8) is 0 Å². The molecule has 1 aliphatic rings. The van der Waals surface area contributed by atoms with Crippen molar-refractivity contribution in [2.24, 2.45) is 0 Å². The van der Waals surface area contributed by atoms with E-state index in [9.17, 15) is 29.0 Å². The molecule has 2 amide bonds. The molecule has 4 rings (SSSR count). The number of aromatic hydroxyl groups is 1. The molecular formula is C24H25FN4O6. The van der Waals surface area contributed by atoms with Gasteiger partial charge in [0.15, 0.2) is 17.6 Å². The molecule has 2 aromatic heterocycles. The Bertz CT molecular complexity index is 1380. The van der Waals surface area contributed by atoms with Crippen molar-refractivity contribution < 1.29 is 28.9 Å². The summed E-state index contributed by atoms with van der Waals surface area (Å²) in [4.78, 5) is 42.8. The summed E-state index contributed by atoms with van der Waals surface area (Å²) in [5.41, 5.74) is -1.15. The number of halogens is 1. The van der Waals surface area contributed by atoms with Crippen molar-refractivity contribution in [3.05, 3.63) is 63.3 Å². The number of nitrogens with zero attached hydrogens (tertiary/aromatic N) is 2. The second-order valence-corrected chi connectivity index (χ2v) is 8.97. The lowest BCUT2D eigenvalue weighted by Gasteiger charge is -2.29. The summed E-state index contributed by atoms with van der Waals surface area (Å²) in [6.45, 7) is 2.76. The lowest BCUT2D eigenvalue weighted by Crippen LogP contribution is -2.49. The van der Waals surface area contributed by atoms with Gasteiger partial charge >= 0.3 is 0 Å². The Morgan fingerprint density at radius 3 is 2.60 bits per heavy atom. The van der Waals surface area contributed by atoms with Gasteiger partial charge in [-0.15, -0.1) is 0 Å². The lowest BCUT2D eigenvalue weighted by molar-refractivity contribution is -0.129. The molecule has 1 aliphatic heterocycles. The van der Waals surface area contributed by atoms with E-state index in [0.717, 1.165) is 5.56 Å². The first kappa shape index (κ1) is 24.1. The van der Waals surface area contributed by atoms with E-state index in [2.05, 4.69) is 15.6 Å². The zero-order valence-electron chi connectivity index (χ0n) is 19.4. The largest absolute Gasteiger partial charge is 0.505 e. The number of rotatable bonds is 6. The zero-order chi connectivity index (χ0) is 25.5. The van der Waals surface area contributed by atoms with Crippen molar-refractivity contribution in [2.75, 3.05) is 13.6 Å². The second kappa shape index (κ2) is 8.99. The molecule has 3 aromatic rings. The number of nitrogens with one attached hydrogen (secondary N) is 2. The summed E-state index contributed by atoms with van der Waals surface area (Å²) in [5.74, 6) is -2.22. The monoisotopic (exact) mass is 484 g/mol. The minimum atomic E-state index is -1.17. The molecule has 4 N–H and O–H groups in total. The van der Waals surface area contributed by atoms with E-state index in [1.807, 2.05) is 0 Å². The minimum absolute atomic E-state index is 0.0311. The molecule has 184 valence electrons. The number of carbonyl (C=O) groups excluding carboxylic acids is 2. The molecule has 0 bridgehead atoms. The van der Waals surface area contributed by atoms with Crippen LogP contribution in [0, 0.1) is 5.82 Å². The molecule has 3 heterocycles. The minimum Gasteiger partial charge on any atom is -0.505 e. The van der Waals surface area contributed by atoms with Gasteiger partial charge in [0.1, 0.15) is 22.4 Å². The number of carbonyl (C=O) groups is 2. The molecule has 11 heteroatoms. The topological polar surface area (TPSA) is 143 Å². The molecule has 35 heavy (non-hydrogen) atoms. The van der Waals surface area contributed by atoms with Gasteiger partial charge in [0, 0.05) is 31.8 Å². The summed E-state index contributed by atoms with van der Waals surface area (Å²) in [6, 6.07) is 5.78. The molecule has 0 saturated carbocycles. The van der Waals surface area contributed by atoms with Gasteiger partial charge in [0.25, 0.3) is 17.4 Å². The Balaban J connectivity index is 1.86. The van der Waals surface area contributed by atoms with Crippen molar-refractivity contribution in [3.8, 4) is 11.5 Å². The average Bonchev–Trinajstić information content (AvgIpc) is 2.82. The van der Waals surface area contributed by atoms with Crippen LogP contribution in [-0.4, -0.2) is 56.9 Å². The Morgan fingerprint density at radius 2 is 1.97 bits per heavy atom. The van der Waals surface area contributed by atoms with Crippen LogP contribution in [0.4, 0.5) is 4.39 Å². The molecule has 0 aliphatic carbocycles. The van der Waals surface area contributed by atoms with Gasteiger partial charge in [-0.1, -0.05) is 12.1 Å². The van der Waals surface area contributed by atoms with Crippen molar-refractivity contribution in [1.29, 1.82) is 0 Å². The summed E-state index contributed by atoms with van der Waals surface area (Å²) < 4.78 is 20.6. The predicted molar refractivity (Wildman–Crippen MR) is 124 cm³/mol. The number of amides is 2. The molecule has 0 spiro atoms. The Morgan fingerprint density at radius 1 is 1.29 bits per heavy atom. The van der Waals surface area contributed by atoms with Crippen LogP contribution in [0.25, 0.3) is 11.0 Å². The van der Waals surface area contributed by atoms with Crippen molar-refractivity contribution in [1.82, 2.24) is 20.2 Å². The summed E-state index contributed by atoms with van der Waals surface area (Å²) in [7, 11) is 1.32. The molecule has 1 aromatic carbocycles. The maximum atomic E-state index is 13.4. The van der Waals surface area contributed by atoms with E-state index in [-0.39, 0.29) is 36.3 Å². The van der Waals surface area contributed by atoms with Crippen LogP contribution in [-0.2, 0) is 17.8 Å². The first-order chi connectivity index (χ1) is 16.5. The molecule has 0 radical (unpaired) electrons. The highest BCUT2D eigenvalue weighted by atomic mass is 19.1. The van der Waals surface area contributed by atoms with Gasteiger partial charge in [0.05, 0.1) is 12.1 Å². The van der Waals surface area contributed by atoms with E-state index in [4.69, 9.17) is 4.74 Å². The number of pyridine rings is 2. The zero-order valence-corrected chi connectivity index (χ0v) is 19.4.